The summed E-state index contributed by atoms with van der Waals surface area (Å²) in [6, 6.07) is 0. The number of nitrogens with one attached hydrogen (secondary N) is 1. The second-order valence-electron chi connectivity index (χ2n) is 4.35. The number of aryl methyl sites for hydroxylation is 1. The lowest BCUT2D eigenvalue weighted by Gasteiger charge is -2.17. The standard InChI is InChI=1S/C10H18ClN3O4S3/c1-4-14(20(3,15)16)7-5-6-12-21(17,18)9-8(2)13-10(11)19-9/h12H,4-7H2,1-3H3. The molecule has 1 aromatic heterocycles. The molecule has 7 nitrogen and oxygen atoms in total. The molecule has 0 amide bonds. The van der Waals surface area contributed by atoms with Crippen LogP contribution in [0.5, 0.6) is 0 Å². The van der Waals surface area contributed by atoms with Gasteiger partial charge in [0.05, 0.1) is 11.9 Å². The Hall–Kier alpha value is -0.260. The van der Waals surface area contributed by atoms with E-state index < -0.39 is 20.0 Å². The van der Waals surface area contributed by atoms with Gasteiger partial charge in [0.2, 0.25) is 10.0 Å². The number of aromatic nitrogens is 1. The summed E-state index contributed by atoms with van der Waals surface area (Å²) in [6.07, 6.45) is 1.51. The molecule has 0 aliphatic carbocycles. The molecule has 0 atom stereocenters. The van der Waals surface area contributed by atoms with E-state index in [1.165, 1.54) is 4.31 Å². The van der Waals surface area contributed by atoms with Gasteiger partial charge in [-0.25, -0.2) is 30.8 Å². The highest BCUT2D eigenvalue weighted by Gasteiger charge is 2.21. The van der Waals surface area contributed by atoms with E-state index in [0.29, 0.717) is 18.7 Å². The molecule has 0 fully saturated rings. The highest BCUT2D eigenvalue weighted by Crippen LogP contribution is 2.26. The van der Waals surface area contributed by atoms with E-state index in [-0.39, 0.29) is 21.8 Å². The summed E-state index contributed by atoms with van der Waals surface area (Å²) in [4.78, 5) is 3.86. The van der Waals surface area contributed by atoms with E-state index in [0.717, 1.165) is 17.6 Å². The van der Waals surface area contributed by atoms with E-state index in [1.54, 1.807) is 13.8 Å². The summed E-state index contributed by atoms with van der Waals surface area (Å²) in [6.45, 7) is 4.06. The molecule has 0 saturated heterocycles. The van der Waals surface area contributed by atoms with Gasteiger partial charge >= 0.3 is 0 Å². The Morgan fingerprint density at radius 2 is 1.95 bits per heavy atom. The van der Waals surface area contributed by atoms with Gasteiger partial charge in [0.1, 0.15) is 0 Å². The maximum atomic E-state index is 12.0. The Morgan fingerprint density at radius 1 is 1.33 bits per heavy atom. The van der Waals surface area contributed by atoms with Crippen molar-refractivity contribution in [3.05, 3.63) is 10.2 Å². The average molecular weight is 376 g/mol. The molecule has 0 unspecified atom stereocenters. The quantitative estimate of drug-likeness (QED) is 0.685. The Labute approximate surface area is 134 Å². The highest BCUT2D eigenvalue weighted by molar-refractivity contribution is 7.91. The third-order valence-electron chi connectivity index (χ3n) is 2.67. The Balaban J connectivity index is 2.58. The van der Waals surface area contributed by atoms with Gasteiger partial charge < -0.3 is 0 Å². The molecule has 0 aliphatic rings. The zero-order valence-electron chi connectivity index (χ0n) is 12.0. The lowest BCUT2D eigenvalue weighted by atomic mass is 10.4. The van der Waals surface area contributed by atoms with Crippen molar-refractivity contribution in [1.82, 2.24) is 14.0 Å². The normalized spacial score (nSPS) is 13.0. The van der Waals surface area contributed by atoms with Gasteiger partial charge in [0, 0.05) is 19.6 Å². The van der Waals surface area contributed by atoms with Crippen molar-refractivity contribution < 1.29 is 16.8 Å². The molecular formula is C10H18ClN3O4S3. The van der Waals surface area contributed by atoms with Crippen LogP contribution < -0.4 is 4.72 Å². The summed E-state index contributed by atoms with van der Waals surface area (Å²) >= 11 is 6.58. The van der Waals surface area contributed by atoms with Gasteiger partial charge in [-0.3, -0.25) is 0 Å². The molecule has 0 radical (unpaired) electrons. The zero-order chi connectivity index (χ0) is 16.3. The first-order valence-electron chi connectivity index (χ1n) is 6.15. The van der Waals surface area contributed by atoms with Crippen molar-refractivity contribution in [2.75, 3.05) is 25.9 Å². The molecule has 0 spiro atoms. The number of thiazole rings is 1. The SMILES string of the molecule is CCN(CCCNS(=O)(=O)c1sc(Cl)nc1C)S(C)(=O)=O. The first-order chi connectivity index (χ1) is 9.58. The van der Waals surface area contributed by atoms with Crippen LogP contribution in [0.25, 0.3) is 0 Å². The Morgan fingerprint density at radius 3 is 2.38 bits per heavy atom. The molecule has 0 aliphatic heterocycles. The number of hydrogen-bond acceptors (Lipinski definition) is 6. The molecule has 11 heteroatoms. The molecule has 1 rings (SSSR count). The largest absolute Gasteiger partial charge is 0.251 e. The fourth-order valence-electron chi connectivity index (χ4n) is 1.69. The minimum absolute atomic E-state index is 0.0861. The predicted molar refractivity (Wildman–Crippen MR) is 83.8 cm³/mol. The molecule has 1 heterocycles. The Bertz CT molecular complexity index is 684. The number of rotatable bonds is 8. The smallest absolute Gasteiger partial charge is 0.229 e. The van der Waals surface area contributed by atoms with Crippen molar-refractivity contribution in [3.63, 3.8) is 0 Å². The van der Waals surface area contributed by atoms with Crippen molar-refractivity contribution in [2.45, 2.75) is 24.5 Å². The molecule has 122 valence electrons. The van der Waals surface area contributed by atoms with Crippen molar-refractivity contribution in [1.29, 1.82) is 0 Å². The summed E-state index contributed by atoms with van der Waals surface area (Å²) in [5, 5.41) is 0. The van der Waals surface area contributed by atoms with Crippen LogP contribution in [-0.2, 0) is 20.0 Å². The highest BCUT2D eigenvalue weighted by atomic mass is 35.5. The molecular weight excluding hydrogens is 358 g/mol. The summed E-state index contributed by atoms with van der Waals surface area (Å²) in [5.74, 6) is 0. The molecule has 1 N–H and O–H groups in total. The van der Waals surface area contributed by atoms with E-state index >= 15 is 0 Å². The van der Waals surface area contributed by atoms with Crippen LogP contribution in [0.3, 0.4) is 0 Å². The molecule has 1 aromatic rings. The summed E-state index contributed by atoms with van der Waals surface area (Å²) in [7, 11) is -6.91. The van der Waals surface area contributed by atoms with Gasteiger partial charge in [-0.2, -0.15) is 0 Å². The predicted octanol–water partition coefficient (Wildman–Crippen LogP) is 1.05. The molecule has 21 heavy (non-hydrogen) atoms. The van der Waals surface area contributed by atoms with Crippen molar-refractivity contribution >= 4 is 43.0 Å². The lowest BCUT2D eigenvalue weighted by molar-refractivity contribution is 0.424. The second kappa shape index (κ2) is 7.34. The van der Waals surface area contributed by atoms with Crippen LogP contribution in [0.4, 0.5) is 0 Å². The van der Waals surface area contributed by atoms with Gasteiger partial charge in [-0.1, -0.05) is 29.9 Å². The Kier molecular flexibility index (Phi) is 6.56. The van der Waals surface area contributed by atoms with Crippen LogP contribution in [0.2, 0.25) is 4.47 Å². The fourth-order valence-corrected chi connectivity index (χ4v) is 5.47. The number of hydrogen-bond donors (Lipinski definition) is 1. The van der Waals surface area contributed by atoms with E-state index in [4.69, 9.17) is 11.6 Å². The van der Waals surface area contributed by atoms with E-state index in [1.807, 2.05) is 0 Å². The maximum absolute atomic E-state index is 12.0. The van der Waals surface area contributed by atoms with Crippen LogP contribution >= 0.6 is 22.9 Å². The number of sulfonamides is 2. The summed E-state index contributed by atoms with van der Waals surface area (Å²) < 4.78 is 50.8. The monoisotopic (exact) mass is 375 g/mol. The van der Waals surface area contributed by atoms with Gasteiger partial charge in [0.15, 0.2) is 8.68 Å². The van der Waals surface area contributed by atoms with Gasteiger partial charge in [-0.15, -0.1) is 0 Å². The number of nitrogens with zero attached hydrogens (tertiary/aromatic N) is 2. The van der Waals surface area contributed by atoms with Crippen molar-refractivity contribution in [2.24, 2.45) is 0 Å². The fraction of sp³-hybridized carbons (Fsp3) is 0.700. The van der Waals surface area contributed by atoms with Gasteiger partial charge in [-0.05, 0) is 13.3 Å². The van der Waals surface area contributed by atoms with E-state index in [9.17, 15) is 16.8 Å². The summed E-state index contributed by atoms with van der Waals surface area (Å²) in [5.41, 5.74) is 0.351. The zero-order valence-corrected chi connectivity index (χ0v) is 15.2. The minimum Gasteiger partial charge on any atom is -0.229 e. The van der Waals surface area contributed by atoms with Crippen LogP contribution in [0.15, 0.2) is 4.21 Å². The lowest BCUT2D eigenvalue weighted by Crippen LogP contribution is -2.33. The number of halogens is 1. The first kappa shape index (κ1) is 18.8. The maximum Gasteiger partial charge on any atom is 0.251 e. The third-order valence-corrected chi connectivity index (χ3v) is 7.38. The van der Waals surface area contributed by atoms with Crippen LogP contribution in [0, 0.1) is 6.92 Å². The van der Waals surface area contributed by atoms with Crippen LogP contribution in [-0.4, -0.2) is 52.0 Å². The van der Waals surface area contributed by atoms with E-state index in [2.05, 4.69) is 9.71 Å². The van der Waals surface area contributed by atoms with Gasteiger partial charge in [0.25, 0.3) is 10.0 Å². The first-order valence-corrected chi connectivity index (χ1v) is 10.7. The molecule has 0 bridgehead atoms. The third kappa shape index (κ3) is 5.46. The molecule has 0 saturated carbocycles. The topological polar surface area (TPSA) is 96.4 Å². The molecule has 0 aromatic carbocycles. The van der Waals surface area contributed by atoms with Crippen molar-refractivity contribution in [3.8, 4) is 0 Å². The minimum atomic E-state index is -3.66. The average Bonchev–Trinajstić information content (AvgIpc) is 2.67. The van der Waals surface area contributed by atoms with Crippen LogP contribution in [0.1, 0.15) is 19.0 Å². The second-order valence-corrected chi connectivity index (χ2v) is 9.87.